The first kappa shape index (κ1) is 9.21. The van der Waals surface area contributed by atoms with E-state index in [2.05, 4.69) is 0 Å². The van der Waals surface area contributed by atoms with Gasteiger partial charge in [0.15, 0.2) is 0 Å². The van der Waals surface area contributed by atoms with E-state index in [0.29, 0.717) is 5.56 Å². The molecule has 0 aliphatic heterocycles. The van der Waals surface area contributed by atoms with Crippen LogP contribution in [0, 0.1) is 0 Å². The summed E-state index contributed by atoms with van der Waals surface area (Å²) in [5, 5.41) is 8.83. The minimum absolute atomic E-state index is 0.0734. The zero-order valence-corrected chi connectivity index (χ0v) is 7.99. The second kappa shape index (κ2) is 3.42. The molecule has 1 atom stereocenters. The van der Waals surface area contributed by atoms with Crippen molar-refractivity contribution in [3.8, 4) is 0 Å². The van der Waals surface area contributed by atoms with Crippen molar-refractivity contribution in [3.63, 3.8) is 0 Å². The van der Waals surface area contributed by atoms with Crippen LogP contribution in [0.3, 0.4) is 0 Å². The summed E-state index contributed by atoms with van der Waals surface area (Å²) in [7, 11) is 1.66. The van der Waals surface area contributed by atoms with Crippen LogP contribution in [-0.4, -0.2) is 18.2 Å². The molecule has 1 N–H and O–H groups in total. The zero-order chi connectivity index (χ0) is 10.1. The molecule has 1 aromatic carbocycles. The topological polar surface area (TPSA) is 46.5 Å². The number of hydrogen-bond donors (Lipinski definition) is 1. The van der Waals surface area contributed by atoms with Crippen molar-refractivity contribution in [2.45, 2.75) is 18.9 Å². The van der Waals surface area contributed by atoms with Crippen LogP contribution in [0.1, 0.15) is 34.0 Å². The zero-order valence-electron chi connectivity index (χ0n) is 7.99. The minimum Gasteiger partial charge on any atom is -0.478 e. The number of ether oxygens (including phenoxy) is 1. The molecular weight excluding hydrogens is 180 g/mol. The van der Waals surface area contributed by atoms with Gasteiger partial charge in [0.2, 0.25) is 0 Å². The van der Waals surface area contributed by atoms with Crippen LogP contribution in [0.25, 0.3) is 0 Å². The first-order chi connectivity index (χ1) is 6.72. The fourth-order valence-electron chi connectivity index (χ4n) is 1.94. The maximum absolute atomic E-state index is 10.8. The monoisotopic (exact) mass is 192 g/mol. The van der Waals surface area contributed by atoms with Crippen molar-refractivity contribution < 1.29 is 14.6 Å². The summed E-state index contributed by atoms with van der Waals surface area (Å²) in [6, 6.07) is 5.26. The standard InChI is InChI=1S/C11H12O3/c1-14-10-5-4-7-2-3-8(11(12)13)6-9(7)10/h2-3,6,10H,4-5H2,1H3,(H,12,13). The number of carbonyl (C=O) groups is 1. The molecule has 2 rings (SSSR count). The number of carboxylic acid groups (broad SMARTS) is 1. The molecule has 1 aromatic rings. The Morgan fingerprint density at radius 2 is 2.36 bits per heavy atom. The largest absolute Gasteiger partial charge is 0.478 e. The molecule has 1 aliphatic rings. The number of hydrogen-bond acceptors (Lipinski definition) is 2. The third kappa shape index (κ3) is 1.40. The Labute approximate surface area is 82.3 Å². The second-order valence-electron chi connectivity index (χ2n) is 3.48. The van der Waals surface area contributed by atoms with Gasteiger partial charge in [0.1, 0.15) is 0 Å². The van der Waals surface area contributed by atoms with Crippen LogP contribution < -0.4 is 0 Å². The van der Waals surface area contributed by atoms with Crippen LogP contribution in [0.4, 0.5) is 0 Å². The predicted octanol–water partition coefficient (Wildman–Crippen LogP) is 2.02. The number of carboxylic acids is 1. The van der Waals surface area contributed by atoms with Gasteiger partial charge in [-0.15, -0.1) is 0 Å². The highest BCUT2D eigenvalue weighted by Gasteiger charge is 2.22. The molecule has 0 saturated carbocycles. The fraction of sp³-hybridized carbons (Fsp3) is 0.364. The number of methoxy groups -OCH3 is 1. The van der Waals surface area contributed by atoms with Crippen molar-refractivity contribution in [2.24, 2.45) is 0 Å². The van der Waals surface area contributed by atoms with Gasteiger partial charge in [-0.25, -0.2) is 4.79 Å². The number of aryl methyl sites for hydroxylation is 1. The molecule has 14 heavy (non-hydrogen) atoms. The number of benzene rings is 1. The smallest absolute Gasteiger partial charge is 0.335 e. The van der Waals surface area contributed by atoms with Gasteiger partial charge in [0, 0.05) is 7.11 Å². The van der Waals surface area contributed by atoms with Crippen molar-refractivity contribution >= 4 is 5.97 Å². The number of fused-ring (bicyclic) bond motifs is 1. The quantitative estimate of drug-likeness (QED) is 0.779. The molecule has 0 amide bonds. The van der Waals surface area contributed by atoms with E-state index in [0.717, 1.165) is 18.4 Å². The molecule has 0 radical (unpaired) electrons. The van der Waals surface area contributed by atoms with E-state index in [1.807, 2.05) is 6.07 Å². The van der Waals surface area contributed by atoms with Gasteiger partial charge in [-0.2, -0.15) is 0 Å². The van der Waals surface area contributed by atoms with Crippen molar-refractivity contribution in [3.05, 3.63) is 34.9 Å². The third-order valence-electron chi connectivity index (χ3n) is 2.70. The lowest BCUT2D eigenvalue weighted by Gasteiger charge is -2.09. The maximum Gasteiger partial charge on any atom is 0.335 e. The maximum atomic E-state index is 10.8. The Hall–Kier alpha value is -1.35. The van der Waals surface area contributed by atoms with Crippen LogP contribution in [0.5, 0.6) is 0 Å². The number of rotatable bonds is 2. The molecule has 0 aromatic heterocycles. The van der Waals surface area contributed by atoms with Crippen molar-refractivity contribution in [1.29, 1.82) is 0 Å². The van der Waals surface area contributed by atoms with Gasteiger partial charge in [-0.3, -0.25) is 0 Å². The van der Waals surface area contributed by atoms with E-state index in [-0.39, 0.29) is 6.10 Å². The van der Waals surface area contributed by atoms with Gasteiger partial charge < -0.3 is 9.84 Å². The highest BCUT2D eigenvalue weighted by molar-refractivity contribution is 5.88. The average Bonchev–Trinajstić information content (AvgIpc) is 2.59. The van der Waals surface area contributed by atoms with E-state index in [9.17, 15) is 4.79 Å². The first-order valence-corrected chi connectivity index (χ1v) is 4.61. The van der Waals surface area contributed by atoms with Gasteiger partial charge >= 0.3 is 5.97 Å². The Bertz CT molecular complexity index is 371. The third-order valence-corrected chi connectivity index (χ3v) is 2.70. The normalized spacial score (nSPS) is 19.4. The summed E-state index contributed by atoms with van der Waals surface area (Å²) >= 11 is 0. The van der Waals surface area contributed by atoms with E-state index in [4.69, 9.17) is 9.84 Å². The van der Waals surface area contributed by atoms with Crippen LogP contribution in [-0.2, 0) is 11.2 Å². The lowest BCUT2D eigenvalue weighted by Crippen LogP contribution is -2.00. The first-order valence-electron chi connectivity index (χ1n) is 4.61. The summed E-state index contributed by atoms with van der Waals surface area (Å²) in [5.74, 6) is -0.880. The second-order valence-corrected chi connectivity index (χ2v) is 3.48. The van der Waals surface area contributed by atoms with Gasteiger partial charge in [0.05, 0.1) is 11.7 Å². The molecule has 0 fully saturated rings. The van der Waals surface area contributed by atoms with Gasteiger partial charge in [0.25, 0.3) is 0 Å². The highest BCUT2D eigenvalue weighted by Crippen LogP contribution is 2.33. The molecule has 3 nitrogen and oxygen atoms in total. The SMILES string of the molecule is COC1CCc2ccc(C(=O)O)cc21. The van der Waals surface area contributed by atoms with E-state index < -0.39 is 5.97 Å². The summed E-state index contributed by atoms with van der Waals surface area (Å²) in [5.41, 5.74) is 2.59. The minimum atomic E-state index is -0.880. The molecule has 0 saturated heterocycles. The van der Waals surface area contributed by atoms with E-state index in [1.165, 1.54) is 5.56 Å². The predicted molar refractivity (Wildman–Crippen MR) is 51.5 cm³/mol. The number of aromatic carboxylic acids is 1. The Balaban J connectivity index is 2.42. The molecule has 1 unspecified atom stereocenters. The molecule has 3 heteroatoms. The van der Waals surface area contributed by atoms with Gasteiger partial charge in [-0.05, 0) is 36.1 Å². The fourth-order valence-corrected chi connectivity index (χ4v) is 1.94. The van der Waals surface area contributed by atoms with Crippen LogP contribution >= 0.6 is 0 Å². The Morgan fingerprint density at radius 3 is 3.00 bits per heavy atom. The molecule has 74 valence electrons. The lowest BCUT2D eigenvalue weighted by atomic mass is 10.1. The summed E-state index contributed by atoms with van der Waals surface area (Å²) in [6.07, 6.45) is 2.01. The molecule has 0 heterocycles. The average molecular weight is 192 g/mol. The van der Waals surface area contributed by atoms with Crippen LogP contribution in [0.2, 0.25) is 0 Å². The van der Waals surface area contributed by atoms with Crippen molar-refractivity contribution in [2.75, 3.05) is 7.11 Å². The highest BCUT2D eigenvalue weighted by atomic mass is 16.5. The Kier molecular flexibility index (Phi) is 2.25. The molecule has 0 spiro atoms. The van der Waals surface area contributed by atoms with Gasteiger partial charge in [-0.1, -0.05) is 6.07 Å². The van der Waals surface area contributed by atoms with Crippen molar-refractivity contribution in [1.82, 2.24) is 0 Å². The summed E-state index contributed by atoms with van der Waals surface area (Å²) < 4.78 is 5.28. The van der Waals surface area contributed by atoms with E-state index in [1.54, 1.807) is 19.2 Å². The summed E-state index contributed by atoms with van der Waals surface area (Å²) in [6.45, 7) is 0. The van der Waals surface area contributed by atoms with E-state index >= 15 is 0 Å². The Morgan fingerprint density at radius 1 is 1.57 bits per heavy atom. The van der Waals surface area contributed by atoms with Crippen LogP contribution in [0.15, 0.2) is 18.2 Å². The summed E-state index contributed by atoms with van der Waals surface area (Å²) in [4.78, 5) is 10.8. The lowest BCUT2D eigenvalue weighted by molar-refractivity contribution is 0.0696. The molecular formula is C11H12O3. The molecule has 0 bridgehead atoms. The molecule has 1 aliphatic carbocycles.